The van der Waals surface area contributed by atoms with Crippen LogP contribution >= 0.6 is 0 Å². The quantitative estimate of drug-likeness (QED) is 0.649. The lowest BCUT2D eigenvalue weighted by molar-refractivity contribution is -0.139. The molecule has 0 bridgehead atoms. The first-order valence-electron chi connectivity index (χ1n) is 8.63. The Morgan fingerprint density at radius 2 is 2.00 bits per heavy atom. The van der Waals surface area contributed by atoms with Gasteiger partial charge in [-0.1, -0.05) is 27.2 Å². The fraction of sp³-hybridized carbons (Fsp3) is 0.579. The van der Waals surface area contributed by atoms with Crippen LogP contribution in [0.3, 0.4) is 0 Å². The van der Waals surface area contributed by atoms with E-state index < -0.39 is 5.60 Å². The molecule has 1 N–H and O–H groups in total. The Morgan fingerprint density at radius 1 is 1.25 bits per heavy atom. The number of unbranched alkanes of at least 4 members (excludes halogenated alkanes) is 1. The van der Waals surface area contributed by atoms with Crippen LogP contribution in [0.1, 0.15) is 58.9 Å². The van der Waals surface area contributed by atoms with Crippen molar-refractivity contribution < 1.29 is 14.3 Å². The van der Waals surface area contributed by atoms with E-state index in [9.17, 15) is 10.1 Å². The zero-order chi connectivity index (χ0) is 18.0. The second-order valence-electron chi connectivity index (χ2n) is 5.91. The van der Waals surface area contributed by atoms with Gasteiger partial charge in [-0.05, 0) is 44.4 Å². The highest BCUT2D eigenvalue weighted by molar-refractivity contribution is 5.98. The Bertz CT molecular complexity index is 580. The van der Waals surface area contributed by atoms with Gasteiger partial charge in [0.2, 0.25) is 0 Å². The van der Waals surface area contributed by atoms with Crippen molar-refractivity contribution in [2.45, 2.75) is 59.0 Å². The SMILES string of the molecule is CCCCOc1ccc(NC(=O)[C@](C)(CC)OCCC)c(C#N)c1. The third kappa shape index (κ3) is 5.54. The minimum atomic E-state index is -0.904. The first-order valence-corrected chi connectivity index (χ1v) is 8.63. The van der Waals surface area contributed by atoms with Crippen molar-refractivity contribution in [3.05, 3.63) is 23.8 Å². The second kappa shape index (κ2) is 9.94. The number of anilines is 1. The molecule has 0 radical (unpaired) electrons. The van der Waals surface area contributed by atoms with Crippen molar-refractivity contribution >= 4 is 11.6 Å². The Kier molecular flexibility index (Phi) is 8.28. The number of nitrogens with zero attached hydrogens (tertiary/aromatic N) is 1. The maximum atomic E-state index is 12.6. The molecule has 1 amide bonds. The molecular formula is C19H28N2O3. The van der Waals surface area contributed by atoms with Gasteiger partial charge in [-0.3, -0.25) is 4.79 Å². The van der Waals surface area contributed by atoms with Crippen molar-refractivity contribution in [3.8, 4) is 11.8 Å². The third-order valence-electron chi connectivity index (χ3n) is 3.91. The fourth-order valence-electron chi connectivity index (χ4n) is 2.06. The number of amides is 1. The summed E-state index contributed by atoms with van der Waals surface area (Å²) in [6, 6.07) is 7.23. The fourth-order valence-corrected chi connectivity index (χ4v) is 2.06. The van der Waals surface area contributed by atoms with E-state index in [1.54, 1.807) is 25.1 Å². The molecule has 5 nitrogen and oxygen atoms in total. The number of hydrogen-bond donors (Lipinski definition) is 1. The lowest BCUT2D eigenvalue weighted by atomic mass is 10.0. The first-order chi connectivity index (χ1) is 11.5. The van der Waals surface area contributed by atoms with E-state index >= 15 is 0 Å². The van der Waals surface area contributed by atoms with Crippen LogP contribution in [-0.2, 0) is 9.53 Å². The molecule has 0 aromatic heterocycles. The molecule has 1 atom stereocenters. The molecular weight excluding hydrogens is 304 g/mol. The predicted octanol–water partition coefficient (Wildman–Crippen LogP) is 4.27. The van der Waals surface area contributed by atoms with E-state index in [0.717, 1.165) is 19.3 Å². The van der Waals surface area contributed by atoms with Crippen LogP contribution in [0.15, 0.2) is 18.2 Å². The summed E-state index contributed by atoms with van der Waals surface area (Å²) in [6.07, 6.45) is 3.41. The molecule has 0 spiro atoms. The standard InChI is InChI=1S/C19H28N2O3/c1-5-8-12-23-16-9-10-17(15(13-16)14-20)21-18(22)19(4,7-3)24-11-6-2/h9-10,13H,5-8,11-12H2,1-4H3,(H,21,22)/t19-/m0/s1. The molecule has 0 unspecified atom stereocenters. The summed E-state index contributed by atoms with van der Waals surface area (Å²) in [5.41, 5.74) is -0.0460. The van der Waals surface area contributed by atoms with Crippen LogP contribution in [0, 0.1) is 11.3 Å². The Hall–Kier alpha value is -2.06. The van der Waals surface area contributed by atoms with E-state index in [1.807, 2.05) is 13.8 Å². The molecule has 1 aromatic carbocycles. The average Bonchev–Trinajstić information content (AvgIpc) is 2.60. The third-order valence-corrected chi connectivity index (χ3v) is 3.91. The maximum Gasteiger partial charge on any atom is 0.256 e. The van der Waals surface area contributed by atoms with Gasteiger partial charge in [0.1, 0.15) is 17.4 Å². The molecule has 1 aromatic rings. The number of hydrogen-bond acceptors (Lipinski definition) is 4. The van der Waals surface area contributed by atoms with Crippen molar-refractivity contribution in [3.63, 3.8) is 0 Å². The number of carbonyl (C=O) groups is 1. The van der Waals surface area contributed by atoms with Crippen molar-refractivity contribution in [1.29, 1.82) is 5.26 Å². The van der Waals surface area contributed by atoms with Crippen LogP contribution in [0.25, 0.3) is 0 Å². The molecule has 0 fully saturated rings. The van der Waals surface area contributed by atoms with E-state index in [4.69, 9.17) is 9.47 Å². The largest absolute Gasteiger partial charge is 0.494 e. The average molecular weight is 332 g/mol. The summed E-state index contributed by atoms with van der Waals surface area (Å²) < 4.78 is 11.3. The Labute approximate surface area is 145 Å². The summed E-state index contributed by atoms with van der Waals surface area (Å²) in [5, 5.41) is 12.2. The zero-order valence-corrected chi connectivity index (χ0v) is 15.1. The number of benzene rings is 1. The van der Waals surface area contributed by atoms with Gasteiger partial charge in [-0.15, -0.1) is 0 Å². The van der Waals surface area contributed by atoms with Crippen molar-refractivity contribution in [1.82, 2.24) is 0 Å². The molecule has 1 rings (SSSR count). The van der Waals surface area contributed by atoms with Crippen LogP contribution in [0.4, 0.5) is 5.69 Å². The summed E-state index contributed by atoms with van der Waals surface area (Å²) in [5.74, 6) is 0.396. The predicted molar refractivity (Wildman–Crippen MR) is 95.1 cm³/mol. The van der Waals surface area contributed by atoms with Crippen LogP contribution in [0.2, 0.25) is 0 Å². The van der Waals surface area contributed by atoms with E-state index in [1.165, 1.54) is 0 Å². The molecule has 0 heterocycles. The van der Waals surface area contributed by atoms with Gasteiger partial charge < -0.3 is 14.8 Å². The minimum absolute atomic E-state index is 0.241. The summed E-state index contributed by atoms with van der Waals surface area (Å²) in [6.45, 7) is 8.91. The second-order valence-corrected chi connectivity index (χ2v) is 5.91. The van der Waals surface area contributed by atoms with E-state index in [2.05, 4.69) is 18.3 Å². The van der Waals surface area contributed by atoms with Gasteiger partial charge in [0, 0.05) is 6.61 Å². The zero-order valence-electron chi connectivity index (χ0n) is 15.1. The summed E-state index contributed by atoms with van der Waals surface area (Å²) in [4.78, 5) is 12.6. The number of nitrogens with one attached hydrogen (secondary N) is 1. The van der Waals surface area contributed by atoms with Crippen LogP contribution in [0.5, 0.6) is 5.75 Å². The van der Waals surface area contributed by atoms with Gasteiger partial charge in [0.25, 0.3) is 5.91 Å². The van der Waals surface area contributed by atoms with Crippen molar-refractivity contribution in [2.24, 2.45) is 0 Å². The monoisotopic (exact) mass is 332 g/mol. The van der Waals surface area contributed by atoms with Gasteiger partial charge in [-0.2, -0.15) is 5.26 Å². The van der Waals surface area contributed by atoms with Crippen molar-refractivity contribution in [2.75, 3.05) is 18.5 Å². The molecule has 0 aliphatic carbocycles. The molecule has 132 valence electrons. The Balaban J connectivity index is 2.86. The van der Waals surface area contributed by atoms with Gasteiger partial charge in [0.15, 0.2) is 0 Å². The molecule has 24 heavy (non-hydrogen) atoms. The lowest BCUT2D eigenvalue weighted by Gasteiger charge is -2.27. The normalized spacial score (nSPS) is 13.0. The number of ether oxygens (including phenoxy) is 2. The van der Waals surface area contributed by atoms with Gasteiger partial charge in [0.05, 0.1) is 17.9 Å². The molecule has 0 aliphatic rings. The highest BCUT2D eigenvalue weighted by atomic mass is 16.5. The molecule has 0 saturated heterocycles. The smallest absolute Gasteiger partial charge is 0.256 e. The number of carbonyl (C=O) groups excluding carboxylic acids is 1. The van der Waals surface area contributed by atoms with Crippen LogP contribution < -0.4 is 10.1 Å². The topological polar surface area (TPSA) is 71.3 Å². The molecule has 5 heteroatoms. The lowest BCUT2D eigenvalue weighted by Crippen LogP contribution is -2.42. The Morgan fingerprint density at radius 3 is 2.58 bits per heavy atom. The highest BCUT2D eigenvalue weighted by Crippen LogP contribution is 2.24. The maximum absolute atomic E-state index is 12.6. The number of rotatable bonds is 10. The van der Waals surface area contributed by atoms with E-state index in [-0.39, 0.29) is 5.91 Å². The summed E-state index contributed by atoms with van der Waals surface area (Å²) in [7, 11) is 0. The van der Waals surface area contributed by atoms with Gasteiger partial charge >= 0.3 is 0 Å². The first kappa shape index (κ1) is 20.0. The molecule has 0 saturated carbocycles. The number of nitriles is 1. The minimum Gasteiger partial charge on any atom is -0.494 e. The van der Waals surface area contributed by atoms with E-state index in [0.29, 0.717) is 36.6 Å². The van der Waals surface area contributed by atoms with Crippen LogP contribution in [-0.4, -0.2) is 24.7 Å². The highest BCUT2D eigenvalue weighted by Gasteiger charge is 2.32. The molecule has 0 aliphatic heterocycles. The summed E-state index contributed by atoms with van der Waals surface area (Å²) >= 11 is 0. The van der Waals surface area contributed by atoms with Gasteiger partial charge in [-0.25, -0.2) is 0 Å².